The SMILES string of the molecule is C=CCN(CC=C)Cc1nc(CCCC)c(C(=O)O)s1. The van der Waals surface area contributed by atoms with Gasteiger partial charge in [-0.15, -0.1) is 24.5 Å². The van der Waals surface area contributed by atoms with Gasteiger partial charge in [0.1, 0.15) is 9.88 Å². The van der Waals surface area contributed by atoms with Crippen LogP contribution in [0.15, 0.2) is 25.3 Å². The second-order valence-corrected chi connectivity index (χ2v) is 5.65. The molecule has 1 rings (SSSR count). The van der Waals surface area contributed by atoms with Gasteiger partial charge >= 0.3 is 5.97 Å². The number of unbranched alkanes of at least 4 members (excludes halogenated alkanes) is 1. The Bertz CT molecular complexity index is 458. The van der Waals surface area contributed by atoms with Crippen LogP contribution >= 0.6 is 11.3 Å². The van der Waals surface area contributed by atoms with Crippen LogP contribution in [0.5, 0.6) is 0 Å². The molecule has 0 saturated heterocycles. The Labute approximate surface area is 124 Å². The molecule has 0 aliphatic rings. The van der Waals surface area contributed by atoms with Crippen LogP contribution in [-0.4, -0.2) is 34.0 Å². The number of thiazole rings is 1. The second-order valence-electron chi connectivity index (χ2n) is 4.56. The van der Waals surface area contributed by atoms with Gasteiger partial charge in [0.15, 0.2) is 0 Å². The van der Waals surface area contributed by atoms with Crippen LogP contribution < -0.4 is 0 Å². The molecule has 110 valence electrons. The summed E-state index contributed by atoms with van der Waals surface area (Å²) in [5.41, 5.74) is 0.719. The molecule has 0 atom stereocenters. The van der Waals surface area contributed by atoms with Crippen molar-refractivity contribution in [3.8, 4) is 0 Å². The topological polar surface area (TPSA) is 53.4 Å². The summed E-state index contributed by atoms with van der Waals surface area (Å²) in [6.07, 6.45) is 6.38. The van der Waals surface area contributed by atoms with Gasteiger partial charge in [0.25, 0.3) is 0 Å². The maximum absolute atomic E-state index is 11.3. The van der Waals surface area contributed by atoms with Gasteiger partial charge in [0.05, 0.1) is 12.2 Å². The zero-order chi connectivity index (χ0) is 15.0. The van der Waals surface area contributed by atoms with Crippen molar-refractivity contribution < 1.29 is 9.90 Å². The van der Waals surface area contributed by atoms with E-state index in [2.05, 4.69) is 30.0 Å². The van der Waals surface area contributed by atoms with Gasteiger partial charge < -0.3 is 5.11 Å². The monoisotopic (exact) mass is 294 g/mol. The summed E-state index contributed by atoms with van der Waals surface area (Å²) in [6.45, 7) is 11.6. The maximum atomic E-state index is 11.3. The Hall–Kier alpha value is -1.46. The highest BCUT2D eigenvalue weighted by Gasteiger charge is 2.17. The third-order valence-electron chi connectivity index (χ3n) is 2.84. The minimum absolute atomic E-state index is 0.380. The molecule has 0 spiro atoms. The first kappa shape index (κ1) is 16.6. The summed E-state index contributed by atoms with van der Waals surface area (Å²) in [4.78, 5) is 18.3. The van der Waals surface area contributed by atoms with E-state index >= 15 is 0 Å². The Morgan fingerprint density at radius 1 is 1.40 bits per heavy atom. The van der Waals surface area contributed by atoms with Crippen LogP contribution in [0.4, 0.5) is 0 Å². The van der Waals surface area contributed by atoms with Crippen molar-refractivity contribution in [1.29, 1.82) is 0 Å². The van der Waals surface area contributed by atoms with Crippen LogP contribution in [0.2, 0.25) is 0 Å². The molecule has 20 heavy (non-hydrogen) atoms. The van der Waals surface area contributed by atoms with E-state index in [1.165, 1.54) is 11.3 Å². The number of hydrogen-bond acceptors (Lipinski definition) is 4. The molecule has 0 radical (unpaired) electrons. The van der Waals surface area contributed by atoms with Gasteiger partial charge in [-0.25, -0.2) is 9.78 Å². The molecule has 1 aromatic heterocycles. The van der Waals surface area contributed by atoms with Crippen molar-refractivity contribution in [3.05, 3.63) is 40.9 Å². The van der Waals surface area contributed by atoms with E-state index in [0.29, 0.717) is 11.4 Å². The standard InChI is InChI=1S/C15H22N2O2S/c1-4-7-8-12-14(15(18)19)20-13(16-12)11-17(9-5-2)10-6-3/h5-6H,2-4,7-11H2,1H3,(H,18,19). The quantitative estimate of drug-likeness (QED) is 0.672. The highest BCUT2D eigenvalue weighted by molar-refractivity contribution is 7.13. The molecule has 0 unspecified atom stereocenters. The Balaban J connectivity index is 2.86. The molecule has 1 aromatic rings. The highest BCUT2D eigenvalue weighted by Crippen LogP contribution is 2.22. The van der Waals surface area contributed by atoms with Gasteiger partial charge in [0, 0.05) is 13.1 Å². The lowest BCUT2D eigenvalue weighted by Gasteiger charge is -2.16. The molecule has 0 aliphatic heterocycles. The first-order valence-corrected chi connectivity index (χ1v) is 7.60. The van der Waals surface area contributed by atoms with E-state index in [4.69, 9.17) is 0 Å². The average molecular weight is 294 g/mol. The largest absolute Gasteiger partial charge is 0.477 e. The van der Waals surface area contributed by atoms with Crippen molar-refractivity contribution in [2.75, 3.05) is 13.1 Å². The maximum Gasteiger partial charge on any atom is 0.347 e. The van der Waals surface area contributed by atoms with Crippen molar-refractivity contribution in [3.63, 3.8) is 0 Å². The number of aromatic carboxylic acids is 1. The summed E-state index contributed by atoms with van der Waals surface area (Å²) in [5, 5.41) is 10.1. The third-order valence-corrected chi connectivity index (χ3v) is 3.91. The summed E-state index contributed by atoms with van der Waals surface area (Å²) in [5.74, 6) is -0.876. The minimum atomic E-state index is -0.876. The number of carboxylic acids is 1. The molecule has 1 heterocycles. The molecular formula is C15H22N2O2S. The normalized spacial score (nSPS) is 10.7. The lowest BCUT2D eigenvalue weighted by molar-refractivity contribution is 0.0700. The highest BCUT2D eigenvalue weighted by atomic mass is 32.1. The number of carboxylic acid groups (broad SMARTS) is 1. The molecule has 4 nitrogen and oxygen atoms in total. The fourth-order valence-electron chi connectivity index (χ4n) is 1.91. The summed E-state index contributed by atoms with van der Waals surface area (Å²) in [6, 6.07) is 0. The predicted molar refractivity (Wildman–Crippen MR) is 83.4 cm³/mol. The van der Waals surface area contributed by atoms with Gasteiger partial charge in [-0.1, -0.05) is 25.5 Å². The number of rotatable bonds is 10. The van der Waals surface area contributed by atoms with Crippen molar-refractivity contribution in [2.45, 2.75) is 32.7 Å². The third kappa shape index (κ3) is 4.90. The molecular weight excluding hydrogens is 272 g/mol. The number of aryl methyl sites for hydroxylation is 1. The molecule has 5 heteroatoms. The molecule has 0 fully saturated rings. The van der Waals surface area contributed by atoms with E-state index in [9.17, 15) is 9.90 Å². The van der Waals surface area contributed by atoms with E-state index in [1.807, 2.05) is 12.2 Å². The Morgan fingerprint density at radius 2 is 2.05 bits per heavy atom. The van der Waals surface area contributed by atoms with Crippen LogP contribution in [-0.2, 0) is 13.0 Å². The predicted octanol–water partition coefficient (Wildman–Crippen LogP) is 3.36. The number of aromatic nitrogens is 1. The average Bonchev–Trinajstić information content (AvgIpc) is 2.80. The molecule has 0 aromatic carbocycles. The van der Waals surface area contributed by atoms with Crippen LogP contribution in [0.1, 0.15) is 40.1 Å². The van der Waals surface area contributed by atoms with E-state index in [0.717, 1.165) is 43.1 Å². The van der Waals surface area contributed by atoms with Crippen LogP contribution in [0, 0.1) is 0 Å². The van der Waals surface area contributed by atoms with Gasteiger partial charge in [-0.2, -0.15) is 0 Å². The second kappa shape index (κ2) is 8.66. The van der Waals surface area contributed by atoms with E-state index < -0.39 is 5.97 Å². The number of nitrogens with zero attached hydrogens (tertiary/aromatic N) is 2. The summed E-state index contributed by atoms with van der Waals surface area (Å²) >= 11 is 1.28. The van der Waals surface area contributed by atoms with Crippen LogP contribution in [0.3, 0.4) is 0 Å². The Morgan fingerprint density at radius 3 is 2.55 bits per heavy atom. The number of hydrogen-bond donors (Lipinski definition) is 1. The van der Waals surface area contributed by atoms with E-state index in [-0.39, 0.29) is 0 Å². The minimum Gasteiger partial charge on any atom is -0.477 e. The van der Waals surface area contributed by atoms with Crippen molar-refractivity contribution in [1.82, 2.24) is 9.88 Å². The summed E-state index contributed by atoms with van der Waals surface area (Å²) < 4.78 is 0. The molecule has 0 amide bonds. The first-order chi connectivity index (χ1) is 9.62. The van der Waals surface area contributed by atoms with Crippen molar-refractivity contribution >= 4 is 17.3 Å². The zero-order valence-corrected chi connectivity index (χ0v) is 12.8. The zero-order valence-electron chi connectivity index (χ0n) is 12.0. The van der Waals surface area contributed by atoms with Gasteiger partial charge in [-0.05, 0) is 12.8 Å². The van der Waals surface area contributed by atoms with E-state index in [1.54, 1.807) is 0 Å². The molecule has 0 saturated carbocycles. The molecule has 1 N–H and O–H groups in total. The Kier molecular flexibility index (Phi) is 7.18. The molecule has 0 bridgehead atoms. The first-order valence-electron chi connectivity index (χ1n) is 6.78. The summed E-state index contributed by atoms with van der Waals surface area (Å²) in [7, 11) is 0. The smallest absolute Gasteiger partial charge is 0.347 e. The lowest BCUT2D eigenvalue weighted by atomic mass is 10.2. The number of carbonyl (C=O) groups is 1. The fraction of sp³-hybridized carbons (Fsp3) is 0.467. The van der Waals surface area contributed by atoms with Gasteiger partial charge in [0.2, 0.25) is 0 Å². The molecule has 0 aliphatic carbocycles. The van der Waals surface area contributed by atoms with Crippen LogP contribution in [0.25, 0.3) is 0 Å². The fourth-order valence-corrected chi connectivity index (χ4v) is 2.90. The van der Waals surface area contributed by atoms with Crippen molar-refractivity contribution in [2.24, 2.45) is 0 Å². The van der Waals surface area contributed by atoms with Gasteiger partial charge in [-0.3, -0.25) is 4.90 Å². The lowest BCUT2D eigenvalue weighted by Crippen LogP contribution is -2.23.